The molecule has 0 aliphatic heterocycles. The van der Waals surface area contributed by atoms with E-state index in [0.29, 0.717) is 0 Å². The van der Waals surface area contributed by atoms with Crippen LogP contribution >= 0.6 is 0 Å². The molecule has 13 heavy (non-hydrogen) atoms. The highest BCUT2D eigenvalue weighted by atomic mass is 19.1. The zero-order chi connectivity index (χ0) is 10.4. The zero-order valence-corrected chi connectivity index (χ0v) is 7.93. The molecule has 0 aliphatic carbocycles. The molecular formula is C11H13FO. The Morgan fingerprint density at radius 3 is 2.15 bits per heavy atom. The van der Waals surface area contributed by atoms with Crippen molar-refractivity contribution in [3.05, 3.63) is 48.4 Å². The minimum Gasteiger partial charge on any atom is -0.294 e. The zero-order valence-electron chi connectivity index (χ0n) is 7.93. The van der Waals surface area contributed by atoms with E-state index in [1.54, 1.807) is 12.2 Å². The van der Waals surface area contributed by atoms with Gasteiger partial charge in [0.1, 0.15) is 5.83 Å². The molecule has 0 atom stereocenters. The predicted octanol–water partition coefficient (Wildman–Crippen LogP) is 3.12. The third kappa shape index (κ3) is 4.90. The Morgan fingerprint density at radius 1 is 1.31 bits per heavy atom. The van der Waals surface area contributed by atoms with Gasteiger partial charge in [-0.2, -0.15) is 0 Å². The molecule has 0 spiro atoms. The van der Waals surface area contributed by atoms with Crippen LogP contribution in [0.4, 0.5) is 4.39 Å². The Bertz CT molecular complexity index is 279. The Labute approximate surface area is 78.0 Å². The summed E-state index contributed by atoms with van der Waals surface area (Å²) in [5.74, 6) is -1.04. The molecule has 0 aromatic rings. The molecule has 70 valence electrons. The van der Waals surface area contributed by atoms with Gasteiger partial charge in [-0.25, -0.2) is 4.39 Å². The number of hydrogen-bond acceptors (Lipinski definition) is 1. The second kappa shape index (κ2) is 5.25. The fourth-order valence-electron chi connectivity index (χ4n) is 0.707. The second-order valence-electron chi connectivity index (χ2n) is 2.75. The van der Waals surface area contributed by atoms with Crippen molar-refractivity contribution in [2.45, 2.75) is 13.8 Å². The van der Waals surface area contributed by atoms with Gasteiger partial charge in [0.15, 0.2) is 5.78 Å². The molecule has 0 rings (SSSR count). The highest BCUT2D eigenvalue weighted by Crippen LogP contribution is 2.10. The number of Topliss-reactive ketones (excluding diaryl/α,β-unsaturated/α-hetero) is 1. The lowest BCUT2D eigenvalue weighted by Gasteiger charge is -1.95. The van der Waals surface area contributed by atoms with Gasteiger partial charge in [-0.05, 0) is 19.9 Å². The van der Waals surface area contributed by atoms with Gasteiger partial charge in [-0.15, -0.1) is 0 Å². The van der Waals surface area contributed by atoms with Gasteiger partial charge in [0, 0.05) is 0 Å². The number of carbonyl (C=O) groups is 1. The average molecular weight is 180 g/mol. The number of ketones is 1. The van der Waals surface area contributed by atoms with E-state index in [4.69, 9.17) is 0 Å². The van der Waals surface area contributed by atoms with Gasteiger partial charge < -0.3 is 0 Å². The molecule has 0 aliphatic rings. The van der Waals surface area contributed by atoms with Crippen LogP contribution < -0.4 is 0 Å². The first kappa shape index (κ1) is 11.6. The molecule has 0 aromatic carbocycles. The molecular weight excluding hydrogens is 167 g/mol. The fourth-order valence-corrected chi connectivity index (χ4v) is 0.707. The van der Waals surface area contributed by atoms with E-state index in [1.807, 2.05) is 6.92 Å². The van der Waals surface area contributed by atoms with E-state index in [0.717, 1.165) is 5.57 Å². The molecule has 1 nitrogen and oxygen atoms in total. The SMILES string of the molecule is C=C(C)C=CC=C(C(=C)F)C(C)=O. The van der Waals surface area contributed by atoms with Crippen LogP contribution in [0.5, 0.6) is 0 Å². The number of allylic oxidation sites excluding steroid dienone is 6. The van der Waals surface area contributed by atoms with Crippen molar-refractivity contribution in [2.24, 2.45) is 0 Å². The number of halogens is 1. The van der Waals surface area contributed by atoms with E-state index in [2.05, 4.69) is 13.2 Å². The smallest absolute Gasteiger partial charge is 0.162 e. The number of hydrogen-bond donors (Lipinski definition) is 0. The second-order valence-corrected chi connectivity index (χ2v) is 2.75. The molecule has 2 heteroatoms. The Balaban J connectivity index is 4.66. The lowest BCUT2D eigenvalue weighted by molar-refractivity contribution is -0.113. The summed E-state index contributed by atoms with van der Waals surface area (Å²) < 4.78 is 12.6. The third-order valence-electron chi connectivity index (χ3n) is 1.32. The fraction of sp³-hybridized carbons (Fsp3) is 0.182. The summed E-state index contributed by atoms with van der Waals surface area (Å²) in [4.78, 5) is 10.8. The minimum atomic E-state index is -0.709. The highest BCUT2D eigenvalue weighted by Gasteiger charge is 2.05. The summed E-state index contributed by atoms with van der Waals surface area (Å²) in [6.45, 7) is 9.79. The van der Waals surface area contributed by atoms with Gasteiger partial charge in [0.05, 0.1) is 5.57 Å². The van der Waals surface area contributed by atoms with Crippen LogP contribution in [-0.4, -0.2) is 5.78 Å². The topological polar surface area (TPSA) is 17.1 Å². The molecule has 0 unspecified atom stereocenters. The molecule has 0 heterocycles. The van der Waals surface area contributed by atoms with Crippen LogP contribution in [0.15, 0.2) is 48.4 Å². The van der Waals surface area contributed by atoms with Crippen molar-refractivity contribution in [2.75, 3.05) is 0 Å². The van der Waals surface area contributed by atoms with Crippen LogP contribution in [0.1, 0.15) is 13.8 Å². The maximum Gasteiger partial charge on any atom is 0.162 e. The van der Waals surface area contributed by atoms with Gasteiger partial charge in [0.25, 0.3) is 0 Å². The van der Waals surface area contributed by atoms with Crippen molar-refractivity contribution < 1.29 is 9.18 Å². The lowest BCUT2D eigenvalue weighted by Crippen LogP contribution is -1.95. The quantitative estimate of drug-likeness (QED) is 0.480. The first-order chi connectivity index (χ1) is 5.95. The molecule has 0 fully saturated rings. The van der Waals surface area contributed by atoms with Gasteiger partial charge >= 0.3 is 0 Å². The van der Waals surface area contributed by atoms with Crippen LogP contribution in [0.25, 0.3) is 0 Å². The monoisotopic (exact) mass is 180 g/mol. The Hall–Kier alpha value is -1.44. The van der Waals surface area contributed by atoms with Crippen LogP contribution in [0.2, 0.25) is 0 Å². The normalized spacial score (nSPS) is 11.8. The average Bonchev–Trinajstić information content (AvgIpc) is 1.95. The third-order valence-corrected chi connectivity index (χ3v) is 1.32. The van der Waals surface area contributed by atoms with E-state index in [1.165, 1.54) is 13.0 Å². The summed E-state index contributed by atoms with van der Waals surface area (Å²) in [7, 11) is 0. The predicted molar refractivity (Wildman–Crippen MR) is 53.0 cm³/mol. The number of rotatable bonds is 4. The van der Waals surface area contributed by atoms with Crippen LogP contribution in [-0.2, 0) is 4.79 Å². The van der Waals surface area contributed by atoms with Gasteiger partial charge in [0.2, 0.25) is 0 Å². The minimum absolute atomic E-state index is 0.00231. The van der Waals surface area contributed by atoms with Crippen molar-refractivity contribution in [3.63, 3.8) is 0 Å². The molecule has 0 aromatic heterocycles. The first-order valence-electron chi connectivity index (χ1n) is 3.84. The summed E-state index contributed by atoms with van der Waals surface area (Å²) in [6.07, 6.45) is 4.65. The van der Waals surface area contributed by atoms with Crippen molar-refractivity contribution in [3.8, 4) is 0 Å². The number of carbonyl (C=O) groups excluding carboxylic acids is 1. The molecule has 0 bridgehead atoms. The van der Waals surface area contributed by atoms with E-state index in [9.17, 15) is 9.18 Å². The molecule has 0 N–H and O–H groups in total. The summed E-state index contributed by atoms with van der Waals surface area (Å²) >= 11 is 0. The largest absolute Gasteiger partial charge is 0.294 e. The maximum atomic E-state index is 12.6. The molecule has 0 saturated heterocycles. The standard InChI is InChI=1S/C11H13FO/c1-8(2)6-5-7-11(9(3)12)10(4)13/h5-7H,1,3H2,2,4H3. The molecule has 0 radical (unpaired) electrons. The maximum absolute atomic E-state index is 12.6. The van der Waals surface area contributed by atoms with Crippen molar-refractivity contribution >= 4 is 5.78 Å². The summed E-state index contributed by atoms with van der Waals surface area (Å²) in [6, 6.07) is 0. The van der Waals surface area contributed by atoms with Crippen molar-refractivity contribution in [1.82, 2.24) is 0 Å². The van der Waals surface area contributed by atoms with Crippen LogP contribution in [0, 0.1) is 0 Å². The lowest BCUT2D eigenvalue weighted by atomic mass is 10.1. The van der Waals surface area contributed by atoms with E-state index < -0.39 is 5.83 Å². The van der Waals surface area contributed by atoms with Gasteiger partial charge in [-0.3, -0.25) is 4.79 Å². The Kier molecular flexibility index (Phi) is 4.67. The van der Waals surface area contributed by atoms with Crippen molar-refractivity contribution in [1.29, 1.82) is 0 Å². The highest BCUT2D eigenvalue weighted by molar-refractivity contribution is 5.97. The molecule has 0 amide bonds. The van der Waals surface area contributed by atoms with E-state index >= 15 is 0 Å². The summed E-state index contributed by atoms with van der Waals surface area (Å²) in [5.41, 5.74) is 0.834. The van der Waals surface area contributed by atoms with Gasteiger partial charge in [-0.1, -0.05) is 30.9 Å². The first-order valence-corrected chi connectivity index (χ1v) is 3.84. The van der Waals surface area contributed by atoms with E-state index in [-0.39, 0.29) is 11.4 Å². The Morgan fingerprint density at radius 2 is 1.85 bits per heavy atom. The molecule has 0 saturated carbocycles. The van der Waals surface area contributed by atoms with Crippen LogP contribution in [0.3, 0.4) is 0 Å². The summed E-state index contributed by atoms with van der Waals surface area (Å²) in [5, 5.41) is 0.